The third-order valence-corrected chi connectivity index (χ3v) is 3.74. The predicted octanol–water partition coefficient (Wildman–Crippen LogP) is 1.30. The van der Waals surface area contributed by atoms with Crippen molar-refractivity contribution in [3.8, 4) is 5.75 Å². The highest BCUT2D eigenvalue weighted by Crippen LogP contribution is 2.37. The van der Waals surface area contributed by atoms with Crippen molar-refractivity contribution < 1.29 is 9.90 Å². The number of hydrogen-bond acceptors (Lipinski definition) is 6. The summed E-state index contributed by atoms with van der Waals surface area (Å²) in [5, 5.41) is 11.0. The van der Waals surface area contributed by atoms with Crippen molar-refractivity contribution >= 4 is 23.3 Å². The monoisotopic (exact) mass is 320 g/mol. The van der Waals surface area contributed by atoms with Crippen molar-refractivity contribution in [3.63, 3.8) is 0 Å². The van der Waals surface area contributed by atoms with E-state index in [0.29, 0.717) is 11.3 Å². The lowest BCUT2D eigenvalue weighted by Gasteiger charge is -2.43. The molecule has 0 radical (unpaired) electrons. The summed E-state index contributed by atoms with van der Waals surface area (Å²) < 4.78 is 0. The normalized spacial score (nSPS) is 21.5. The number of benzene rings is 1. The lowest BCUT2D eigenvalue weighted by Crippen LogP contribution is -2.59. The number of rotatable bonds is 3. The third-order valence-electron chi connectivity index (χ3n) is 3.32. The van der Waals surface area contributed by atoms with Crippen LogP contribution in [0.3, 0.4) is 0 Å². The van der Waals surface area contributed by atoms with Gasteiger partial charge in [-0.3, -0.25) is 20.0 Å². The molecule has 0 amide bonds. The molecule has 0 bridgehead atoms. The van der Waals surface area contributed by atoms with Gasteiger partial charge >= 0.3 is 0 Å². The van der Waals surface area contributed by atoms with Gasteiger partial charge in [0, 0.05) is 11.8 Å². The van der Waals surface area contributed by atoms with Crippen LogP contribution < -0.4 is 11.0 Å². The summed E-state index contributed by atoms with van der Waals surface area (Å²) in [4.78, 5) is 30.1. The Morgan fingerprint density at radius 1 is 1.36 bits per heavy atom. The lowest BCUT2D eigenvalue weighted by molar-refractivity contribution is -0.137. The Morgan fingerprint density at radius 2 is 2.14 bits per heavy atom. The molecule has 22 heavy (non-hydrogen) atoms. The first kappa shape index (κ1) is 14.6. The van der Waals surface area contributed by atoms with Crippen LogP contribution in [0, 0.1) is 6.92 Å². The number of aromatic amines is 1. The topological polar surface area (TPSA) is 98.3 Å². The highest BCUT2D eigenvalue weighted by Gasteiger charge is 2.48. The van der Waals surface area contributed by atoms with E-state index in [9.17, 15) is 14.7 Å². The molecule has 2 aromatic rings. The first-order valence-corrected chi connectivity index (χ1v) is 6.99. The fourth-order valence-electron chi connectivity index (χ4n) is 2.35. The second-order valence-corrected chi connectivity index (χ2v) is 5.40. The van der Waals surface area contributed by atoms with Gasteiger partial charge in [0.25, 0.3) is 5.56 Å². The first-order valence-electron chi connectivity index (χ1n) is 6.55. The summed E-state index contributed by atoms with van der Waals surface area (Å²) >= 11 is 6.01. The van der Waals surface area contributed by atoms with Crippen LogP contribution in [-0.2, 0) is 4.79 Å². The van der Waals surface area contributed by atoms with Crippen LogP contribution in [0.2, 0.25) is 0 Å². The number of phenolic OH excluding ortho intramolecular Hbond substituents is 1. The summed E-state index contributed by atoms with van der Waals surface area (Å²) in [5.74, 6) is 0.0634. The van der Waals surface area contributed by atoms with Gasteiger partial charge in [0.05, 0.1) is 0 Å². The van der Waals surface area contributed by atoms with E-state index in [-0.39, 0.29) is 23.0 Å². The van der Waals surface area contributed by atoms with Crippen LogP contribution >= 0.6 is 11.6 Å². The quantitative estimate of drug-likeness (QED) is 0.582. The molecule has 1 saturated heterocycles. The molecule has 8 heteroatoms. The van der Waals surface area contributed by atoms with E-state index in [1.54, 1.807) is 19.1 Å². The zero-order chi connectivity index (χ0) is 15.9. The van der Waals surface area contributed by atoms with Gasteiger partial charge in [-0.15, -0.1) is 0 Å². The van der Waals surface area contributed by atoms with Gasteiger partial charge in [-0.2, -0.15) is 5.01 Å². The van der Waals surface area contributed by atoms with Crippen LogP contribution in [0.5, 0.6) is 5.75 Å². The number of nitrogens with one attached hydrogen (secondary N) is 2. The minimum absolute atomic E-state index is 0.0605. The lowest BCUT2D eigenvalue weighted by atomic mass is 9.95. The Kier molecular flexibility index (Phi) is 3.59. The standard InChI is InChI=1S/C14H13ClN4O3/c1-7-5-10(21)17-14(16-7)18-19-11(12(22)13(19)15)8-3-2-4-9(20)6-8/h2-6,11,13,20H,1H3,(H2,16,17,18,21)/t11-,13-/m1/s1. The van der Waals surface area contributed by atoms with Crippen LogP contribution in [0.25, 0.3) is 0 Å². The molecule has 0 unspecified atom stereocenters. The second kappa shape index (κ2) is 5.43. The number of nitrogens with zero attached hydrogens (tertiary/aromatic N) is 2. The Balaban J connectivity index is 1.88. The fraction of sp³-hybridized carbons (Fsp3) is 0.214. The van der Waals surface area contributed by atoms with E-state index >= 15 is 0 Å². The molecule has 2 heterocycles. The third kappa shape index (κ3) is 2.56. The average molecular weight is 321 g/mol. The Labute approximate surface area is 130 Å². The number of carbonyl (C=O) groups excluding carboxylic acids is 1. The largest absolute Gasteiger partial charge is 0.508 e. The SMILES string of the molecule is Cc1cc(=O)[nH]c(NN2[C@@H](Cl)C(=O)[C@H]2c2cccc(O)c2)n1. The number of alkyl halides is 1. The number of carbonyl (C=O) groups is 1. The van der Waals surface area contributed by atoms with Crippen molar-refractivity contribution in [3.05, 3.63) is 51.9 Å². The molecule has 114 valence electrons. The number of H-pyrrole nitrogens is 1. The summed E-state index contributed by atoms with van der Waals surface area (Å²) in [7, 11) is 0. The molecule has 3 N–H and O–H groups in total. The highest BCUT2D eigenvalue weighted by atomic mass is 35.5. The number of aromatic nitrogens is 2. The number of aryl methyl sites for hydroxylation is 1. The number of phenols is 1. The Bertz CT molecular complexity index is 792. The predicted molar refractivity (Wildman–Crippen MR) is 80.6 cm³/mol. The van der Waals surface area contributed by atoms with Crippen LogP contribution in [0.1, 0.15) is 17.3 Å². The molecule has 1 aromatic heterocycles. The molecular formula is C14H13ClN4O3. The number of ketones is 1. The maximum atomic E-state index is 12.0. The zero-order valence-corrected chi connectivity index (χ0v) is 12.3. The number of anilines is 1. The van der Waals surface area contributed by atoms with Gasteiger partial charge in [-0.1, -0.05) is 23.7 Å². The van der Waals surface area contributed by atoms with Gasteiger partial charge in [0.2, 0.25) is 5.95 Å². The minimum Gasteiger partial charge on any atom is -0.508 e. The second-order valence-electron chi connectivity index (χ2n) is 4.99. The summed E-state index contributed by atoms with van der Waals surface area (Å²) in [6.07, 6.45) is 0. The summed E-state index contributed by atoms with van der Waals surface area (Å²) in [6, 6.07) is 7.07. The zero-order valence-electron chi connectivity index (χ0n) is 11.6. The minimum atomic E-state index is -0.877. The van der Waals surface area contributed by atoms with E-state index in [1.165, 1.54) is 23.2 Å². The van der Waals surface area contributed by atoms with Gasteiger partial charge in [-0.25, -0.2) is 4.98 Å². The van der Waals surface area contributed by atoms with E-state index in [0.717, 1.165) is 0 Å². The molecule has 0 spiro atoms. The molecule has 3 rings (SSSR count). The van der Waals surface area contributed by atoms with E-state index < -0.39 is 11.5 Å². The van der Waals surface area contributed by atoms with Gasteiger partial charge in [0.15, 0.2) is 11.3 Å². The number of hydrogen-bond donors (Lipinski definition) is 3. The van der Waals surface area contributed by atoms with Crippen LogP contribution in [0.4, 0.5) is 5.95 Å². The van der Waals surface area contributed by atoms with E-state index in [2.05, 4.69) is 15.4 Å². The number of Topliss-reactive ketones (excluding diaryl/α,β-unsaturated/α-hetero) is 1. The van der Waals surface area contributed by atoms with Crippen molar-refractivity contribution in [2.24, 2.45) is 0 Å². The van der Waals surface area contributed by atoms with E-state index in [1.807, 2.05) is 0 Å². The van der Waals surface area contributed by atoms with Crippen molar-refractivity contribution in [2.75, 3.05) is 5.43 Å². The molecular weight excluding hydrogens is 308 g/mol. The maximum absolute atomic E-state index is 12.0. The average Bonchev–Trinajstić information content (AvgIpc) is 2.45. The molecule has 1 aliphatic heterocycles. The summed E-state index contributed by atoms with van der Waals surface area (Å²) in [6.45, 7) is 1.69. The number of aromatic hydroxyl groups is 1. The van der Waals surface area contributed by atoms with Gasteiger partial charge in [0.1, 0.15) is 11.8 Å². The fourth-order valence-corrected chi connectivity index (χ4v) is 2.63. The molecule has 1 aliphatic rings. The van der Waals surface area contributed by atoms with Crippen molar-refractivity contribution in [1.82, 2.24) is 15.0 Å². The van der Waals surface area contributed by atoms with E-state index in [4.69, 9.17) is 11.6 Å². The summed E-state index contributed by atoms with van der Waals surface area (Å²) in [5.41, 5.74) is 2.80. The molecule has 7 nitrogen and oxygen atoms in total. The maximum Gasteiger partial charge on any atom is 0.252 e. The number of halogens is 1. The van der Waals surface area contributed by atoms with Gasteiger partial charge in [-0.05, 0) is 24.6 Å². The van der Waals surface area contributed by atoms with Crippen LogP contribution in [0.15, 0.2) is 35.1 Å². The Hall–Kier alpha value is -2.38. The number of hydrazine groups is 1. The molecule has 1 aromatic carbocycles. The Morgan fingerprint density at radius 3 is 2.82 bits per heavy atom. The first-order chi connectivity index (χ1) is 10.5. The molecule has 2 atom stereocenters. The van der Waals surface area contributed by atoms with Crippen molar-refractivity contribution in [2.45, 2.75) is 18.5 Å². The smallest absolute Gasteiger partial charge is 0.252 e. The highest BCUT2D eigenvalue weighted by molar-refractivity contribution is 6.34. The van der Waals surface area contributed by atoms with Gasteiger partial charge < -0.3 is 5.11 Å². The molecule has 1 fully saturated rings. The molecule has 0 aliphatic carbocycles. The van der Waals surface area contributed by atoms with Crippen LogP contribution in [-0.4, -0.2) is 31.4 Å². The van der Waals surface area contributed by atoms with Crippen molar-refractivity contribution in [1.29, 1.82) is 0 Å². The molecule has 0 saturated carbocycles.